The predicted molar refractivity (Wildman–Crippen MR) is 98.0 cm³/mol. The molecule has 158 valence electrons. The Morgan fingerprint density at radius 3 is 2.07 bits per heavy atom. The summed E-state index contributed by atoms with van der Waals surface area (Å²) in [7, 11) is -3.95. The van der Waals surface area contributed by atoms with E-state index in [-0.39, 0.29) is 5.69 Å². The summed E-state index contributed by atoms with van der Waals surface area (Å²) in [5, 5.41) is 2.41. The molecule has 0 bridgehead atoms. The average molecular weight is 434 g/mol. The van der Waals surface area contributed by atoms with E-state index in [1.165, 1.54) is 38.1 Å². The van der Waals surface area contributed by atoms with Crippen molar-refractivity contribution in [2.24, 2.45) is 0 Å². The van der Waals surface area contributed by atoms with Crippen LogP contribution in [-0.2, 0) is 20.6 Å². The lowest BCUT2D eigenvalue weighted by Gasteiger charge is -2.25. The number of carbonyl (C=O) groups excluding carboxylic acids is 1. The molecule has 0 spiro atoms. The van der Waals surface area contributed by atoms with Crippen LogP contribution >= 0.6 is 0 Å². The Balaban J connectivity index is 2.02. The molecule has 2 aromatic rings. The van der Waals surface area contributed by atoms with Crippen LogP contribution in [0.5, 0.6) is 5.75 Å². The van der Waals surface area contributed by atoms with Gasteiger partial charge in [0.15, 0.2) is 0 Å². The van der Waals surface area contributed by atoms with Crippen molar-refractivity contribution in [2.45, 2.75) is 31.5 Å². The van der Waals surface area contributed by atoms with Gasteiger partial charge < -0.3 is 10.1 Å². The van der Waals surface area contributed by atoms with Gasteiger partial charge in [-0.2, -0.15) is 4.72 Å². The number of sulfonamides is 1. The van der Waals surface area contributed by atoms with Crippen LogP contribution in [-0.4, -0.2) is 26.2 Å². The van der Waals surface area contributed by atoms with E-state index in [0.717, 1.165) is 24.3 Å². The molecule has 0 aliphatic rings. The Morgan fingerprint density at radius 2 is 1.55 bits per heavy atom. The van der Waals surface area contributed by atoms with Crippen LogP contribution in [0.1, 0.15) is 19.4 Å². The molecule has 0 heterocycles. The van der Waals surface area contributed by atoms with Crippen molar-refractivity contribution in [3.63, 3.8) is 0 Å². The minimum Gasteiger partial charge on any atom is -0.406 e. The van der Waals surface area contributed by atoms with Crippen molar-refractivity contribution >= 4 is 21.6 Å². The molecule has 0 aliphatic heterocycles. The van der Waals surface area contributed by atoms with Crippen LogP contribution in [0.2, 0.25) is 0 Å². The molecule has 0 aromatic heterocycles. The molecule has 2 rings (SSSR count). The topological polar surface area (TPSA) is 84.5 Å². The molecule has 29 heavy (non-hydrogen) atoms. The zero-order valence-corrected chi connectivity index (χ0v) is 16.2. The zero-order chi connectivity index (χ0) is 21.9. The summed E-state index contributed by atoms with van der Waals surface area (Å²) in [5.41, 5.74) is -1.09. The average Bonchev–Trinajstić information content (AvgIpc) is 2.56. The van der Waals surface area contributed by atoms with Crippen LogP contribution in [0.3, 0.4) is 0 Å². The van der Waals surface area contributed by atoms with Gasteiger partial charge in [0.2, 0.25) is 15.9 Å². The SMILES string of the molecule is CC(C)(NS(=O)(=O)Cc1ccc(F)cc1)C(=O)Nc1ccc(OC(F)(F)F)cc1. The summed E-state index contributed by atoms with van der Waals surface area (Å²) in [4.78, 5) is 12.4. The Kier molecular flexibility index (Phi) is 6.53. The van der Waals surface area contributed by atoms with Gasteiger partial charge in [-0.25, -0.2) is 12.8 Å². The van der Waals surface area contributed by atoms with E-state index >= 15 is 0 Å². The van der Waals surface area contributed by atoms with E-state index in [1.54, 1.807) is 0 Å². The molecule has 0 saturated carbocycles. The van der Waals surface area contributed by atoms with Crippen LogP contribution in [0, 0.1) is 5.82 Å². The Bertz CT molecular complexity index is 957. The standard InChI is InChI=1S/C18H18F4N2O4S/c1-17(2,24-29(26,27)11-12-3-5-13(19)6-4-12)16(25)23-14-7-9-15(10-8-14)28-18(20,21)22/h3-10,24H,11H2,1-2H3,(H,23,25). The molecule has 0 atom stereocenters. The highest BCUT2D eigenvalue weighted by Crippen LogP contribution is 2.24. The Labute approximate surface area is 164 Å². The number of ether oxygens (including phenoxy) is 1. The van der Waals surface area contributed by atoms with Crippen LogP contribution < -0.4 is 14.8 Å². The van der Waals surface area contributed by atoms with E-state index in [9.17, 15) is 30.8 Å². The number of rotatable bonds is 7. The number of amides is 1. The molecular weight excluding hydrogens is 416 g/mol. The molecule has 0 unspecified atom stereocenters. The highest BCUT2D eigenvalue weighted by atomic mass is 32.2. The van der Waals surface area contributed by atoms with Crippen molar-refractivity contribution in [1.29, 1.82) is 0 Å². The summed E-state index contributed by atoms with van der Waals surface area (Å²) in [6.07, 6.45) is -4.84. The number of halogens is 4. The highest BCUT2D eigenvalue weighted by Gasteiger charge is 2.33. The maximum absolute atomic E-state index is 12.9. The second-order valence-electron chi connectivity index (χ2n) is 6.64. The Morgan fingerprint density at radius 1 is 1.00 bits per heavy atom. The van der Waals surface area contributed by atoms with Crippen LogP contribution in [0.15, 0.2) is 48.5 Å². The lowest BCUT2D eigenvalue weighted by molar-refractivity contribution is -0.274. The smallest absolute Gasteiger partial charge is 0.406 e. The third-order valence-corrected chi connectivity index (χ3v) is 5.13. The fourth-order valence-corrected chi connectivity index (χ4v) is 3.87. The third kappa shape index (κ3) is 7.35. The molecule has 6 nitrogen and oxygen atoms in total. The number of benzene rings is 2. The highest BCUT2D eigenvalue weighted by molar-refractivity contribution is 7.88. The molecule has 0 fully saturated rings. The molecule has 1 amide bonds. The van der Waals surface area contributed by atoms with Crippen molar-refractivity contribution in [1.82, 2.24) is 4.72 Å². The first-order valence-electron chi connectivity index (χ1n) is 8.19. The summed E-state index contributed by atoms with van der Waals surface area (Å²) < 4.78 is 80.1. The van der Waals surface area contributed by atoms with Gasteiger partial charge in [0, 0.05) is 5.69 Å². The fourth-order valence-electron chi connectivity index (χ4n) is 2.30. The number of carbonyl (C=O) groups is 1. The van der Waals surface area contributed by atoms with Gasteiger partial charge in [-0.15, -0.1) is 13.2 Å². The summed E-state index contributed by atoms with van der Waals surface area (Å²) >= 11 is 0. The molecular formula is C18H18F4N2O4S. The lowest BCUT2D eigenvalue weighted by Crippen LogP contribution is -2.52. The summed E-state index contributed by atoms with van der Waals surface area (Å²) in [6, 6.07) is 9.25. The number of anilines is 1. The third-order valence-electron chi connectivity index (χ3n) is 3.59. The van der Waals surface area contributed by atoms with E-state index in [1.807, 2.05) is 0 Å². The van der Waals surface area contributed by atoms with Crippen LogP contribution in [0.4, 0.5) is 23.2 Å². The number of alkyl halides is 3. The number of nitrogens with one attached hydrogen (secondary N) is 2. The number of hydrogen-bond acceptors (Lipinski definition) is 4. The lowest BCUT2D eigenvalue weighted by atomic mass is 10.1. The van der Waals surface area contributed by atoms with Gasteiger partial charge >= 0.3 is 6.36 Å². The summed E-state index contributed by atoms with van der Waals surface area (Å²) in [5.74, 6) is -2.17. The van der Waals surface area contributed by atoms with Crippen molar-refractivity contribution in [3.05, 3.63) is 59.9 Å². The van der Waals surface area contributed by atoms with Crippen molar-refractivity contribution in [3.8, 4) is 5.75 Å². The van der Waals surface area contributed by atoms with Gasteiger partial charge in [0.05, 0.1) is 5.75 Å². The van der Waals surface area contributed by atoms with Crippen molar-refractivity contribution < 1.29 is 35.5 Å². The minimum atomic E-state index is -4.84. The first-order valence-corrected chi connectivity index (χ1v) is 9.84. The minimum absolute atomic E-state index is 0.148. The van der Waals surface area contributed by atoms with Gasteiger partial charge in [-0.05, 0) is 55.8 Å². The van der Waals surface area contributed by atoms with E-state index in [4.69, 9.17) is 0 Å². The molecule has 2 N–H and O–H groups in total. The first kappa shape index (κ1) is 22.6. The number of hydrogen-bond donors (Lipinski definition) is 2. The van der Waals surface area contributed by atoms with Crippen molar-refractivity contribution in [2.75, 3.05) is 5.32 Å². The quantitative estimate of drug-likeness (QED) is 0.653. The molecule has 0 saturated heterocycles. The van der Waals surface area contributed by atoms with E-state index < -0.39 is 45.2 Å². The Hall–Kier alpha value is -2.66. The van der Waals surface area contributed by atoms with Gasteiger partial charge in [-0.3, -0.25) is 4.79 Å². The maximum atomic E-state index is 12.9. The van der Waals surface area contributed by atoms with E-state index in [0.29, 0.717) is 5.56 Å². The second-order valence-corrected chi connectivity index (χ2v) is 8.36. The van der Waals surface area contributed by atoms with Gasteiger partial charge in [0.25, 0.3) is 0 Å². The zero-order valence-electron chi connectivity index (χ0n) is 15.4. The first-order chi connectivity index (χ1) is 13.3. The normalized spacial score (nSPS) is 12.5. The molecule has 11 heteroatoms. The predicted octanol–water partition coefficient (Wildman–Crippen LogP) is 3.56. The van der Waals surface area contributed by atoms with Crippen LogP contribution in [0.25, 0.3) is 0 Å². The molecule has 0 radical (unpaired) electrons. The maximum Gasteiger partial charge on any atom is 0.573 e. The summed E-state index contributed by atoms with van der Waals surface area (Å²) in [6.45, 7) is 2.65. The van der Waals surface area contributed by atoms with Gasteiger partial charge in [0.1, 0.15) is 17.1 Å². The largest absolute Gasteiger partial charge is 0.573 e. The van der Waals surface area contributed by atoms with E-state index in [2.05, 4.69) is 14.8 Å². The molecule has 2 aromatic carbocycles. The fraction of sp³-hybridized carbons (Fsp3) is 0.278. The second kappa shape index (κ2) is 8.37. The monoisotopic (exact) mass is 434 g/mol. The molecule has 0 aliphatic carbocycles. The van der Waals surface area contributed by atoms with Gasteiger partial charge in [-0.1, -0.05) is 12.1 Å².